The highest BCUT2D eigenvalue weighted by Crippen LogP contribution is 2.37. The fourth-order valence-electron chi connectivity index (χ4n) is 3.23. The lowest BCUT2D eigenvalue weighted by molar-refractivity contribution is -0.139. The predicted molar refractivity (Wildman–Crippen MR) is 111 cm³/mol. The minimum atomic E-state index is -0.618. The summed E-state index contributed by atoms with van der Waals surface area (Å²) in [5.41, 5.74) is 0.997. The molecule has 0 saturated heterocycles. The van der Waals surface area contributed by atoms with Crippen molar-refractivity contribution in [1.29, 1.82) is 0 Å². The number of carbonyl (C=O) groups excluding carboxylic acids is 2. The number of hydrogen-bond donors (Lipinski definition) is 0. The number of ether oxygens (including phenoxy) is 2. The van der Waals surface area contributed by atoms with Gasteiger partial charge in [-0.2, -0.15) is 0 Å². The number of esters is 2. The summed E-state index contributed by atoms with van der Waals surface area (Å²) in [6.07, 6.45) is 6.72. The minimum absolute atomic E-state index is 0.111. The van der Waals surface area contributed by atoms with Crippen LogP contribution in [0.15, 0.2) is 78.2 Å². The first-order valence-electron chi connectivity index (χ1n) is 8.60. The summed E-state index contributed by atoms with van der Waals surface area (Å²) in [4.78, 5) is 26.5. The van der Waals surface area contributed by atoms with Crippen molar-refractivity contribution in [3.05, 3.63) is 78.2 Å². The Labute approximate surface area is 165 Å². The molecule has 1 aromatic heterocycles. The molecule has 5 nitrogen and oxygen atoms in total. The van der Waals surface area contributed by atoms with Gasteiger partial charge < -0.3 is 14.4 Å². The van der Waals surface area contributed by atoms with E-state index in [4.69, 9.17) is 9.47 Å². The molecule has 3 aromatic rings. The van der Waals surface area contributed by atoms with E-state index in [1.807, 2.05) is 30.3 Å². The summed E-state index contributed by atoms with van der Waals surface area (Å²) in [5, 5.41) is 2.35. The molecule has 1 aliphatic rings. The first kappa shape index (κ1) is 18.0. The van der Waals surface area contributed by atoms with Crippen molar-refractivity contribution in [1.82, 2.24) is 0 Å². The zero-order valence-corrected chi connectivity index (χ0v) is 16.2. The Balaban J connectivity index is 1.91. The van der Waals surface area contributed by atoms with Gasteiger partial charge in [-0.15, -0.1) is 11.3 Å². The van der Waals surface area contributed by atoms with Crippen LogP contribution in [0, 0.1) is 0 Å². The predicted octanol–water partition coefficient (Wildman–Crippen LogP) is 4.54. The standard InChI is InChI=1S/C22H17NO4S/c1-26-21(24)17-8-5-6-12-23(20(17)22(25)27-2)14-10-11-16-15-7-3-4-9-18(15)28-19(16)13-14/h3-13H,1-2H3. The molecule has 0 atom stereocenters. The maximum absolute atomic E-state index is 12.5. The molecular weight excluding hydrogens is 374 g/mol. The zero-order valence-electron chi connectivity index (χ0n) is 15.3. The number of allylic oxidation sites excluding steroid dienone is 2. The minimum Gasteiger partial charge on any atom is -0.465 e. The van der Waals surface area contributed by atoms with Gasteiger partial charge in [-0.25, -0.2) is 9.59 Å². The molecule has 0 aliphatic carbocycles. The maximum Gasteiger partial charge on any atom is 0.355 e. The SMILES string of the molecule is COC(=O)C1=C(C(=O)OC)N(c2ccc3c(c2)sc2ccccc23)C=CC=C1. The first-order chi connectivity index (χ1) is 13.6. The molecular formula is C22H17NO4S. The van der Waals surface area contributed by atoms with E-state index in [0.717, 1.165) is 15.8 Å². The molecule has 0 N–H and O–H groups in total. The average molecular weight is 391 g/mol. The van der Waals surface area contributed by atoms with Gasteiger partial charge in [0.25, 0.3) is 0 Å². The number of methoxy groups -OCH3 is 2. The molecule has 4 rings (SSSR count). The van der Waals surface area contributed by atoms with Crippen LogP contribution < -0.4 is 4.90 Å². The number of thiophene rings is 1. The van der Waals surface area contributed by atoms with Gasteiger partial charge in [-0.3, -0.25) is 0 Å². The van der Waals surface area contributed by atoms with Crippen molar-refractivity contribution >= 4 is 49.1 Å². The zero-order chi connectivity index (χ0) is 19.7. The van der Waals surface area contributed by atoms with E-state index in [1.165, 1.54) is 24.3 Å². The van der Waals surface area contributed by atoms with Gasteiger partial charge in [-0.05, 0) is 30.4 Å². The van der Waals surface area contributed by atoms with Crippen molar-refractivity contribution in [3.8, 4) is 0 Å². The van der Waals surface area contributed by atoms with Crippen LogP contribution in [-0.4, -0.2) is 26.2 Å². The third-order valence-electron chi connectivity index (χ3n) is 4.53. The van der Waals surface area contributed by atoms with E-state index in [-0.39, 0.29) is 11.3 Å². The highest BCUT2D eigenvalue weighted by atomic mass is 32.1. The van der Waals surface area contributed by atoms with E-state index in [1.54, 1.807) is 40.7 Å². The lowest BCUT2D eigenvalue weighted by Gasteiger charge is -2.23. The first-order valence-corrected chi connectivity index (χ1v) is 9.42. The number of rotatable bonds is 3. The Bertz CT molecular complexity index is 1190. The van der Waals surface area contributed by atoms with Crippen LogP contribution >= 0.6 is 11.3 Å². The second kappa shape index (κ2) is 7.32. The molecule has 1 aliphatic heterocycles. The normalized spacial score (nSPS) is 13.9. The number of hydrogen-bond acceptors (Lipinski definition) is 6. The van der Waals surface area contributed by atoms with Crippen LogP contribution in [0.3, 0.4) is 0 Å². The molecule has 0 fully saturated rings. The fraction of sp³-hybridized carbons (Fsp3) is 0.0909. The number of benzene rings is 2. The Morgan fingerprint density at radius 2 is 1.64 bits per heavy atom. The molecule has 140 valence electrons. The third kappa shape index (κ3) is 2.97. The van der Waals surface area contributed by atoms with Crippen molar-refractivity contribution in [2.24, 2.45) is 0 Å². The summed E-state index contributed by atoms with van der Waals surface area (Å²) in [7, 11) is 2.57. The summed E-state index contributed by atoms with van der Waals surface area (Å²) in [6.45, 7) is 0. The van der Waals surface area contributed by atoms with Gasteiger partial charge >= 0.3 is 11.9 Å². The number of nitrogens with zero attached hydrogens (tertiary/aromatic N) is 1. The quantitative estimate of drug-likeness (QED) is 0.614. The smallest absolute Gasteiger partial charge is 0.355 e. The van der Waals surface area contributed by atoms with Crippen LogP contribution in [0.25, 0.3) is 20.2 Å². The molecule has 6 heteroatoms. The number of carbonyl (C=O) groups is 2. The van der Waals surface area contributed by atoms with Crippen molar-refractivity contribution in [2.45, 2.75) is 0 Å². The largest absolute Gasteiger partial charge is 0.465 e. The van der Waals surface area contributed by atoms with Crippen molar-refractivity contribution in [2.75, 3.05) is 19.1 Å². The topological polar surface area (TPSA) is 55.8 Å². The van der Waals surface area contributed by atoms with E-state index in [0.29, 0.717) is 0 Å². The van der Waals surface area contributed by atoms with Gasteiger partial charge in [0.05, 0.1) is 19.8 Å². The van der Waals surface area contributed by atoms with Crippen LogP contribution in [-0.2, 0) is 19.1 Å². The maximum atomic E-state index is 12.5. The van der Waals surface area contributed by atoms with E-state index < -0.39 is 11.9 Å². The molecule has 0 spiro atoms. The Morgan fingerprint density at radius 1 is 0.893 bits per heavy atom. The molecule has 0 amide bonds. The number of fused-ring (bicyclic) bond motifs is 3. The average Bonchev–Trinajstić information content (AvgIpc) is 2.95. The van der Waals surface area contributed by atoms with Crippen LogP contribution in [0.4, 0.5) is 5.69 Å². The van der Waals surface area contributed by atoms with Crippen molar-refractivity contribution < 1.29 is 19.1 Å². The molecule has 0 bridgehead atoms. The third-order valence-corrected chi connectivity index (χ3v) is 5.66. The molecule has 0 saturated carbocycles. The van der Waals surface area contributed by atoms with Gasteiger partial charge in [0.15, 0.2) is 0 Å². The fourth-order valence-corrected chi connectivity index (χ4v) is 4.37. The van der Waals surface area contributed by atoms with Crippen molar-refractivity contribution in [3.63, 3.8) is 0 Å². The van der Waals surface area contributed by atoms with Gasteiger partial charge in [0.1, 0.15) is 5.70 Å². The molecule has 0 unspecified atom stereocenters. The molecule has 2 aromatic carbocycles. The van der Waals surface area contributed by atoms with E-state index in [2.05, 4.69) is 12.1 Å². The molecule has 2 heterocycles. The Kier molecular flexibility index (Phi) is 4.71. The lowest BCUT2D eigenvalue weighted by Crippen LogP contribution is -2.26. The highest BCUT2D eigenvalue weighted by Gasteiger charge is 2.27. The Morgan fingerprint density at radius 3 is 2.43 bits per heavy atom. The van der Waals surface area contributed by atoms with Crippen LogP contribution in [0.5, 0.6) is 0 Å². The summed E-state index contributed by atoms with van der Waals surface area (Å²) in [6, 6.07) is 14.2. The second-order valence-electron chi connectivity index (χ2n) is 6.09. The van der Waals surface area contributed by atoms with E-state index in [9.17, 15) is 9.59 Å². The van der Waals surface area contributed by atoms with Gasteiger partial charge in [0, 0.05) is 32.1 Å². The second-order valence-corrected chi connectivity index (χ2v) is 7.18. The van der Waals surface area contributed by atoms with Crippen LogP contribution in [0.1, 0.15) is 0 Å². The Hall–Kier alpha value is -3.38. The summed E-state index contributed by atoms with van der Waals surface area (Å²) >= 11 is 1.68. The van der Waals surface area contributed by atoms with E-state index >= 15 is 0 Å². The van der Waals surface area contributed by atoms with Gasteiger partial charge in [-0.1, -0.05) is 30.3 Å². The highest BCUT2D eigenvalue weighted by molar-refractivity contribution is 7.25. The van der Waals surface area contributed by atoms with Crippen LogP contribution in [0.2, 0.25) is 0 Å². The molecule has 0 radical (unpaired) electrons. The monoisotopic (exact) mass is 391 g/mol. The number of anilines is 1. The summed E-state index contributed by atoms with van der Waals surface area (Å²) < 4.78 is 12.1. The lowest BCUT2D eigenvalue weighted by atomic mass is 10.1. The van der Waals surface area contributed by atoms with Gasteiger partial charge in [0.2, 0.25) is 0 Å². The molecule has 28 heavy (non-hydrogen) atoms. The summed E-state index contributed by atoms with van der Waals surface area (Å²) in [5.74, 6) is -1.22.